The summed E-state index contributed by atoms with van der Waals surface area (Å²) in [6.07, 6.45) is 6.24. The second kappa shape index (κ2) is 8.75. The molecule has 0 bridgehead atoms. The summed E-state index contributed by atoms with van der Waals surface area (Å²) in [6.45, 7) is 4.65. The van der Waals surface area contributed by atoms with Gasteiger partial charge >= 0.3 is 0 Å². The van der Waals surface area contributed by atoms with E-state index in [-0.39, 0.29) is 11.6 Å². The van der Waals surface area contributed by atoms with Crippen LogP contribution in [0.25, 0.3) is 33.3 Å². The number of aryl methyl sites for hydroxylation is 2. The standard InChI is InChI=1S/C26H22F2N4S/c1-15-3-10-21(28)24-23(15)20(16(2)32-24)11-12-29-26-25-22(30-14-31-26)13-19(33-25)9-6-17-4-7-18(27)8-5-17/h3-10,13-14,32H,11-12H2,1-2H3,(H,29,30,31). The van der Waals surface area contributed by atoms with Crippen LogP contribution in [0.5, 0.6) is 0 Å². The Morgan fingerprint density at radius 3 is 2.67 bits per heavy atom. The molecule has 3 heterocycles. The van der Waals surface area contributed by atoms with Gasteiger partial charge in [-0.15, -0.1) is 11.3 Å². The predicted octanol–water partition coefficient (Wildman–Crippen LogP) is 6.89. The quantitative estimate of drug-likeness (QED) is 0.290. The molecule has 0 aliphatic rings. The minimum Gasteiger partial charge on any atom is -0.368 e. The minimum absolute atomic E-state index is 0.227. The zero-order chi connectivity index (χ0) is 22.9. The van der Waals surface area contributed by atoms with Crippen LogP contribution < -0.4 is 5.32 Å². The molecule has 0 saturated carbocycles. The Morgan fingerprint density at radius 1 is 1.03 bits per heavy atom. The number of nitrogens with one attached hydrogen (secondary N) is 2. The number of benzene rings is 2. The monoisotopic (exact) mass is 460 g/mol. The number of halogens is 2. The Morgan fingerprint density at radius 2 is 1.85 bits per heavy atom. The molecule has 2 N–H and O–H groups in total. The van der Waals surface area contributed by atoms with Crippen molar-refractivity contribution in [2.24, 2.45) is 0 Å². The highest BCUT2D eigenvalue weighted by molar-refractivity contribution is 7.20. The molecule has 5 aromatic rings. The molecule has 3 aromatic heterocycles. The van der Waals surface area contributed by atoms with Crippen molar-refractivity contribution in [1.29, 1.82) is 0 Å². The van der Waals surface area contributed by atoms with E-state index in [1.54, 1.807) is 29.8 Å². The second-order valence-corrected chi connectivity index (χ2v) is 9.07. The lowest BCUT2D eigenvalue weighted by molar-refractivity contribution is 0.628. The van der Waals surface area contributed by atoms with Gasteiger partial charge in [-0.05, 0) is 67.3 Å². The first-order valence-corrected chi connectivity index (χ1v) is 11.5. The van der Waals surface area contributed by atoms with E-state index < -0.39 is 0 Å². The van der Waals surface area contributed by atoms with Crippen LogP contribution >= 0.6 is 11.3 Å². The van der Waals surface area contributed by atoms with Crippen molar-refractivity contribution in [3.05, 3.63) is 87.7 Å². The summed E-state index contributed by atoms with van der Waals surface area (Å²) in [6, 6.07) is 11.7. The van der Waals surface area contributed by atoms with Crippen LogP contribution in [0, 0.1) is 25.5 Å². The third-order valence-corrected chi connectivity index (χ3v) is 6.83. The number of hydrogen-bond acceptors (Lipinski definition) is 4. The van der Waals surface area contributed by atoms with Crippen LogP contribution in [0.2, 0.25) is 0 Å². The highest BCUT2D eigenvalue weighted by atomic mass is 32.1. The van der Waals surface area contributed by atoms with Crippen molar-refractivity contribution in [3.63, 3.8) is 0 Å². The summed E-state index contributed by atoms with van der Waals surface area (Å²) in [5.41, 5.74) is 5.54. The molecule has 0 saturated heterocycles. The van der Waals surface area contributed by atoms with Gasteiger partial charge in [-0.25, -0.2) is 18.7 Å². The van der Waals surface area contributed by atoms with Crippen LogP contribution in [-0.4, -0.2) is 21.5 Å². The Kier molecular flexibility index (Phi) is 5.64. The van der Waals surface area contributed by atoms with E-state index in [4.69, 9.17) is 0 Å². The molecule has 4 nitrogen and oxygen atoms in total. The summed E-state index contributed by atoms with van der Waals surface area (Å²) in [7, 11) is 0. The molecule has 33 heavy (non-hydrogen) atoms. The Labute approximate surface area is 194 Å². The first-order valence-electron chi connectivity index (χ1n) is 10.7. The number of thiophene rings is 1. The number of fused-ring (bicyclic) bond motifs is 2. The van der Waals surface area contributed by atoms with Gasteiger partial charge in [-0.3, -0.25) is 0 Å². The van der Waals surface area contributed by atoms with Crippen LogP contribution in [0.3, 0.4) is 0 Å². The number of rotatable bonds is 6. The van der Waals surface area contributed by atoms with Gasteiger partial charge in [0.1, 0.15) is 23.8 Å². The Hall–Kier alpha value is -3.58. The van der Waals surface area contributed by atoms with E-state index in [2.05, 4.69) is 20.3 Å². The Balaban J connectivity index is 1.35. The van der Waals surface area contributed by atoms with Gasteiger partial charge in [-0.2, -0.15) is 0 Å². The van der Waals surface area contributed by atoms with Gasteiger partial charge in [-0.1, -0.05) is 24.3 Å². The molecule has 0 amide bonds. The fourth-order valence-electron chi connectivity index (χ4n) is 4.09. The summed E-state index contributed by atoms with van der Waals surface area (Å²) in [5, 5.41) is 4.40. The third-order valence-electron chi connectivity index (χ3n) is 5.74. The number of nitrogens with zero attached hydrogens (tertiary/aromatic N) is 2. The van der Waals surface area contributed by atoms with Crippen LogP contribution in [0.15, 0.2) is 48.8 Å². The number of hydrogen-bond donors (Lipinski definition) is 2. The van der Waals surface area contributed by atoms with E-state index in [9.17, 15) is 8.78 Å². The maximum Gasteiger partial charge on any atom is 0.147 e. The van der Waals surface area contributed by atoms with Crippen molar-refractivity contribution in [1.82, 2.24) is 15.0 Å². The largest absolute Gasteiger partial charge is 0.368 e. The normalized spacial score (nSPS) is 11.8. The lowest BCUT2D eigenvalue weighted by Crippen LogP contribution is -2.07. The van der Waals surface area contributed by atoms with E-state index >= 15 is 0 Å². The fraction of sp³-hybridized carbons (Fsp3) is 0.154. The first-order chi connectivity index (χ1) is 16.0. The molecule has 0 fully saturated rings. The molecule has 0 aliphatic carbocycles. The fourth-order valence-corrected chi connectivity index (χ4v) is 5.07. The molecule has 5 rings (SSSR count). The summed E-state index contributed by atoms with van der Waals surface area (Å²) >= 11 is 1.60. The molecule has 0 spiro atoms. The van der Waals surface area contributed by atoms with Gasteiger partial charge in [0.05, 0.1) is 15.7 Å². The second-order valence-electron chi connectivity index (χ2n) is 7.99. The highest BCUT2D eigenvalue weighted by Gasteiger charge is 2.14. The van der Waals surface area contributed by atoms with Gasteiger partial charge in [0.25, 0.3) is 0 Å². The third kappa shape index (κ3) is 4.24. The van der Waals surface area contributed by atoms with Crippen LogP contribution in [-0.2, 0) is 6.42 Å². The van der Waals surface area contributed by atoms with E-state index in [0.29, 0.717) is 12.1 Å². The topological polar surface area (TPSA) is 53.6 Å². The van der Waals surface area contributed by atoms with Crippen LogP contribution in [0.4, 0.5) is 14.6 Å². The van der Waals surface area contributed by atoms with E-state index in [1.807, 2.05) is 38.1 Å². The number of anilines is 1. The molecule has 0 unspecified atom stereocenters. The SMILES string of the molecule is Cc1[nH]c2c(F)ccc(C)c2c1CCNc1ncnc2cc(C=Cc3ccc(F)cc3)sc12. The summed E-state index contributed by atoms with van der Waals surface area (Å²) < 4.78 is 28.3. The molecule has 0 atom stereocenters. The minimum atomic E-state index is -0.247. The van der Waals surface area contributed by atoms with Crippen molar-refractivity contribution in [2.75, 3.05) is 11.9 Å². The summed E-state index contributed by atoms with van der Waals surface area (Å²) in [5.74, 6) is 0.310. The van der Waals surface area contributed by atoms with Gasteiger partial charge in [0.2, 0.25) is 0 Å². The van der Waals surface area contributed by atoms with Crippen molar-refractivity contribution < 1.29 is 8.78 Å². The van der Waals surface area contributed by atoms with E-state index in [1.165, 1.54) is 18.2 Å². The van der Waals surface area contributed by atoms with Crippen molar-refractivity contribution in [3.8, 4) is 0 Å². The molecule has 7 heteroatoms. The number of aromatic amines is 1. The first kappa shape index (κ1) is 21.3. The van der Waals surface area contributed by atoms with E-state index in [0.717, 1.165) is 55.1 Å². The maximum absolute atomic E-state index is 14.2. The lowest BCUT2D eigenvalue weighted by Gasteiger charge is -2.07. The predicted molar refractivity (Wildman–Crippen MR) is 133 cm³/mol. The number of aromatic nitrogens is 3. The highest BCUT2D eigenvalue weighted by Crippen LogP contribution is 2.31. The molecule has 0 aliphatic heterocycles. The molecule has 2 aromatic carbocycles. The molecule has 166 valence electrons. The number of H-pyrrole nitrogens is 1. The molecular weight excluding hydrogens is 438 g/mol. The molecule has 0 radical (unpaired) electrons. The van der Waals surface area contributed by atoms with Crippen molar-refractivity contribution >= 4 is 50.4 Å². The van der Waals surface area contributed by atoms with Gasteiger partial charge in [0.15, 0.2) is 0 Å². The van der Waals surface area contributed by atoms with Crippen LogP contribution in [0.1, 0.15) is 27.3 Å². The molecular formula is C26H22F2N4S. The smallest absolute Gasteiger partial charge is 0.147 e. The van der Waals surface area contributed by atoms with Gasteiger partial charge in [0, 0.05) is 22.5 Å². The van der Waals surface area contributed by atoms with Crippen molar-refractivity contribution in [2.45, 2.75) is 20.3 Å². The average molecular weight is 461 g/mol. The summed E-state index contributed by atoms with van der Waals surface area (Å²) in [4.78, 5) is 13.1. The average Bonchev–Trinajstić information content (AvgIpc) is 3.38. The zero-order valence-electron chi connectivity index (χ0n) is 18.2. The lowest BCUT2D eigenvalue weighted by atomic mass is 10.0. The van der Waals surface area contributed by atoms with Gasteiger partial charge < -0.3 is 10.3 Å². The zero-order valence-corrected chi connectivity index (χ0v) is 19.1. The maximum atomic E-state index is 14.2. The Bertz CT molecular complexity index is 1480.